The van der Waals surface area contributed by atoms with Gasteiger partial charge in [-0.2, -0.15) is 10.1 Å². The van der Waals surface area contributed by atoms with Crippen LogP contribution in [0.5, 0.6) is 0 Å². The molecule has 2 amide bonds. The molecule has 1 saturated carbocycles. The first kappa shape index (κ1) is 22.2. The molecule has 9 heteroatoms. The smallest absolute Gasteiger partial charge is 0.281 e. The van der Waals surface area contributed by atoms with E-state index >= 15 is 0 Å². The molecule has 33 heavy (non-hydrogen) atoms. The van der Waals surface area contributed by atoms with Gasteiger partial charge in [0.2, 0.25) is 5.91 Å². The summed E-state index contributed by atoms with van der Waals surface area (Å²) in [4.78, 5) is 34.4. The van der Waals surface area contributed by atoms with Crippen molar-refractivity contribution in [1.29, 1.82) is 0 Å². The second-order valence-corrected chi connectivity index (χ2v) is 8.50. The van der Waals surface area contributed by atoms with E-state index < -0.39 is 11.3 Å². The summed E-state index contributed by atoms with van der Waals surface area (Å²) in [7, 11) is 3.33. The molecule has 3 aromatic rings. The van der Waals surface area contributed by atoms with Crippen molar-refractivity contribution in [2.45, 2.75) is 31.2 Å². The standard InChI is InChI=1S/C24H27N7O2/c1-30(2)21(32)15-31-14-18(13-28-31)22(33)29-23(26)24(10-3-11-24)19-7-4-16(5-8-19)17-6-9-20(25)27-12-17/h4-9,12-14H,3,10-11,15H2,1-2H3,(H2,25,27)(H2,26,29,33). The number of nitrogens with zero attached hydrogens (tertiary/aromatic N) is 5. The number of carbonyl (C=O) groups is 2. The zero-order chi connectivity index (χ0) is 23.6. The van der Waals surface area contributed by atoms with Crippen LogP contribution in [-0.4, -0.2) is 51.4 Å². The lowest BCUT2D eigenvalue weighted by atomic mass is 9.63. The van der Waals surface area contributed by atoms with Crippen LogP contribution < -0.4 is 11.5 Å². The molecule has 1 fully saturated rings. The molecule has 0 saturated heterocycles. The molecule has 2 heterocycles. The summed E-state index contributed by atoms with van der Waals surface area (Å²) in [5.74, 6) is 0.198. The van der Waals surface area contributed by atoms with Crippen LogP contribution in [0.3, 0.4) is 0 Å². The van der Waals surface area contributed by atoms with E-state index in [0.29, 0.717) is 17.2 Å². The third-order valence-electron chi connectivity index (χ3n) is 6.15. The van der Waals surface area contributed by atoms with Gasteiger partial charge in [0.1, 0.15) is 18.2 Å². The first-order valence-electron chi connectivity index (χ1n) is 10.7. The molecule has 1 aliphatic carbocycles. The molecular weight excluding hydrogens is 418 g/mol. The van der Waals surface area contributed by atoms with Crippen molar-refractivity contribution >= 4 is 23.5 Å². The number of hydrogen-bond donors (Lipinski definition) is 2. The predicted octanol–water partition coefficient (Wildman–Crippen LogP) is 2.23. The lowest BCUT2D eigenvalue weighted by Crippen LogP contribution is -2.47. The minimum absolute atomic E-state index is 0.0549. The molecule has 1 aliphatic rings. The molecule has 0 aliphatic heterocycles. The Kier molecular flexibility index (Phi) is 5.95. The van der Waals surface area contributed by atoms with Crippen LogP contribution in [0.4, 0.5) is 5.82 Å². The van der Waals surface area contributed by atoms with Gasteiger partial charge in [-0.15, -0.1) is 0 Å². The third kappa shape index (κ3) is 4.48. The average molecular weight is 446 g/mol. The summed E-state index contributed by atoms with van der Waals surface area (Å²) >= 11 is 0. The third-order valence-corrected chi connectivity index (χ3v) is 6.15. The molecule has 4 rings (SSSR count). The van der Waals surface area contributed by atoms with Gasteiger partial charge in [0.25, 0.3) is 5.91 Å². The Labute approximate surface area is 192 Å². The first-order valence-corrected chi connectivity index (χ1v) is 10.7. The second-order valence-electron chi connectivity index (χ2n) is 8.50. The van der Waals surface area contributed by atoms with E-state index in [1.807, 2.05) is 30.3 Å². The highest BCUT2D eigenvalue weighted by molar-refractivity contribution is 6.06. The fraction of sp³-hybridized carbons (Fsp3) is 0.292. The van der Waals surface area contributed by atoms with Gasteiger partial charge in [-0.3, -0.25) is 14.3 Å². The van der Waals surface area contributed by atoms with Gasteiger partial charge in [0.05, 0.1) is 17.2 Å². The van der Waals surface area contributed by atoms with Gasteiger partial charge in [0, 0.05) is 32.1 Å². The Morgan fingerprint density at radius 1 is 1.09 bits per heavy atom. The molecule has 0 spiro atoms. The molecule has 1 aromatic carbocycles. The lowest BCUT2D eigenvalue weighted by molar-refractivity contribution is -0.129. The maximum atomic E-state index is 12.7. The number of pyridine rings is 1. The molecule has 4 N–H and O–H groups in total. The summed E-state index contributed by atoms with van der Waals surface area (Å²) in [5, 5.41) is 4.09. The van der Waals surface area contributed by atoms with Crippen LogP contribution in [0.2, 0.25) is 0 Å². The SMILES string of the molecule is CN(C)C(=O)Cn1cc(C(=O)N=C(N)C2(c3ccc(-c4ccc(N)nc4)cc3)CCC2)cn1. The number of rotatable bonds is 6. The van der Waals surface area contributed by atoms with Gasteiger partial charge in [-0.05, 0) is 36.1 Å². The molecule has 9 nitrogen and oxygen atoms in total. The quantitative estimate of drug-likeness (QED) is 0.442. The Morgan fingerprint density at radius 3 is 2.36 bits per heavy atom. The highest BCUT2D eigenvalue weighted by Crippen LogP contribution is 2.44. The lowest BCUT2D eigenvalue weighted by Gasteiger charge is -2.41. The number of aliphatic imine (C=N–C) groups is 1. The van der Waals surface area contributed by atoms with Crippen molar-refractivity contribution in [1.82, 2.24) is 19.7 Å². The van der Waals surface area contributed by atoms with Crippen molar-refractivity contribution in [2.75, 3.05) is 19.8 Å². The Morgan fingerprint density at radius 2 is 1.79 bits per heavy atom. The first-order chi connectivity index (χ1) is 15.8. The molecule has 170 valence electrons. The van der Waals surface area contributed by atoms with E-state index in [0.717, 1.165) is 36.0 Å². The van der Waals surface area contributed by atoms with Gasteiger partial charge in [-0.1, -0.05) is 30.7 Å². The van der Waals surface area contributed by atoms with Crippen molar-refractivity contribution < 1.29 is 9.59 Å². The van der Waals surface area contributed by atoms with E-state index in [1.54, 1.807) is 26.4 Å². The number of benzene rings is 1. The van der Waals surface area contributed by atoms with E-state index in [9.17, 15) is 9.59 Å². The summed E-state index contributed by atoms with van der Waals surface area (Å²) in [6.07, 6.45) is 7.33. The number of amides is 2. The van der Waals surface area contributed by atoms with E-state index in [2.05, 4.69) is 15.1 Å². The Balaban J connectivity index is 1.53. The van der Waals surface area contributed by atoms with Crippen molar-refractivity contribution in [3.8, 4) is 11.1 Å². The summed E-state index contributed by atoms with van der Waals surface area (Å²) in [6.45, 7) is 0.0549. The number of nitrogen functional groups attached to an aromatic ring is 1. The normalized spacial score (nSPS) is 15.0. The Bertz CT molecular complexity index is 1190. The van der Waals surface area contributed by atoms with Crippen LogP contribution in [0.25, 0.3) is 11.1 Å². The maximum Gasteiger partial charge on any atom is 0.281 e. The highest BCUT2D eigenvalue weighted by Gasteiger charge is 2.42. The van der Waals surface area contributed by atoms with E-state index in [4.69, 9.17) is 11.5 Å². The van der Waals surface area contributed by atoms with Gasteiger partial charge in [0.15, 0.2) is 0 Å². The summed E-state index contributed by atoms with van der Waals surface area (Å²) < 4.78 is 1.42. The fourth-order valence-electron chi connectivity index (χ4n) is 3.90. The number of likely N-dealkylation sites (N-methyl/N-ethyl adjacent to an activating group) is 1. The van der Waals surface area contributed by atoms with Crippen LogP contribution in [0, 0.1) is 0 Å². The molecular formula is C24H27N7O2. The molecule has 0 bridgehead atoms. The van der Waals surface area contributed by atoms with Gasteiger partial charge >= 0.3 is 0 Å². The van der Waals surface area contributed by atoms with E-state index in [-0.39, 0.29) is 12.5 Å². The maximum absolute atomic E-state index is 12.7. The van der Waals surface area contributed by atoms with Crippen molar-refractivity contribution in [2.24, 2.45) is 10.7 Å². The van der Waals surface area contributed by atoms with Crippen LogP contribution in [0.1, 0.15) is 35.2 Å². The van der Waals surface area contributed by atoms with Crippen molar-refractivity contribution in [3.63, 3.8) is 0 Å². The van der Waals surface area contributed by atoms with Crippen LogP contribution >= 0.6 is 0 Å². The number of hydrogen-bond acceptors (Lipinski definition) is 5. The van der Waals surface area contributed by atoms with E-state index in [1.165, 1.54) is 22.0 Å². The number of carbonyl (C=O) groups excluding carboxylic acids is 2. The monoisotopic (exact) mass is 445 g/mol. The van der Waals surface area contributed by atoms with Crippen LogP contribution in [0.15, 0.2) is 60.0 Å². The zero-order valence-corrected chi connectivity index (χ0v) is 18.7. The summed E-state index contributed by atoms with van der Waals surface area (Å²) in [5.41, 5.74) is 14.9. The van der Waals surface area contributed by atoms with Gasteiger partial charge < -0.3 is 16.4 Å². The number of anilines is 1. The van der Waals surface area contributed by atoms with Gasteiger partial charge in [-0.25, -0.2) is 4.98 Å². The average Bonchev–Trinajstić information content (AvgIpc) is 3.22. The predicted molar refractivity (Wildman–Crippen MR) is 126 cm³/mol. The summed E-state index contributed by atoms with van der Waals surface area (Å²) in [6, 6.07) is 11.8. The molecule has 0 unspecified atom stereocenters. The Hall–Kier alpha value is -4.01. The fourth-order valence-corrected chi connectivity index (χ4v) is 3.90. The minimum atomic E-state index is -0.466. The van der Waals surface area contributed by atoms with Crippen LogP contribution in [-0.2, 0) is 16.8 Å². The highest BCUT2D eigenvalue weighted by atomic mass is 16.2. The number of nitrogens with two attached hydrogens (primary N) is 2. The zero-order valence-electron chi connectivity index (χ0n) is 18.7. The molecule has 0 radical (unpaired) electrons. The van der Waals surface area contributed by atoms with Crippen molar-refractivity contribution in [3.05, 3.63) is 66.1 Å². The largest absolute Gasteiger partial charge is 0.386 e. The number of amidine groups is 1. The topological polar surface area (TPSA) is 132 Å². The second kappa shape index (κ2) is 8.85. The number of aromatic nitrogens is 3. The molecule has 0 atom stereocenters. The minimum Gasteiger partial charge on any atom is -0.386 e. The molecule has 2 aromatic heterocycles.